The summed E-state index contributed by atoms with van der Waals surface area (Å²) in [6.07, 6.45) is 1.75. The third kappa shape index (κ3) is 5.32. The molecular formula is C16H34O4. The minimum Gasteiger partial charge on any atom is -0.390 e. The molecular weight excluding hydrogens is 256 g/mol. The molecule has 1 aliphatic rings. The highest BCUT2D eigenvalue weighted by molar-refractivity contribution is 5.14. The average molecular weight is 290 g/mol. The Balaban J connectivity index is 0.000000361. The van der Waals surface area contributed by atoms with Gasteiger partial charge < -0.3 is 20.4 Å². The molecule has 0 saturated heterocycles. The van der Waals surface area contributed by atoms with Crippen molar-refractivity contribution in [2.75, 3.05) is 0 Å². The first kappa shape index (κ1) is 19.8. The quantitative estimate of drug-likeness (QED) is 0.642. The van der Waals surface area contributed by atoms with Gasteiger partial charge in [0.05, 0.1) is 22.4 Å². The fraction of sp³-hybridized carbons (Fsp3) is 1.00. The monoisotopic (exact) mass is 290 g/mol. The van der Waals surface area contributed by atoms with E-state index >= 15 is 0 Å². The van der Waals surface area contributed by atoms with Gasteiger partial charge in [-0.25, -0.2) is 0 Å². The lowest BCUT2D eigenvalue weighted by Gasteiger charge is -2.61. The van der Waals surface area contributed by atoms with Gasteiger partial charge in [0.15, 0.2) is 0 Å². The summed E-state index contributed by atoms with van der Waals surface area (Å²) in [6, 6.07) is 0. The Morgan fingerprint density at radius 2 is 1.00 bits per heavy atom. The SMILES string of the molecule is CC(C)(O)CCC(C)(C)O.CC1(O)CC(C)(O)C1(C)C. The van der Waals surface area contributed by atoms with E-state index in [1.165, 1.54) is 0 Å². The smallest absolute Gasteiger partial charge is 0.0725 e. The maximum atomic E-state index is 9.62. The van der Waals surface area contributed by atoms with Crippen LogP contribution >= 0.6 is 0 Å². The molecule has 122 valence electrons. The van der Waals surface area contributed by atoms with Crippen LogP contribution in [0.3, 0.4) is 0 Å². The van der Waals surface area contributed by atoms with Gasteiger partial charge in [-0.05, 0) is 54.4 Å². The minimum atomic E-state index is -0.698. The lowest BCUT2D eigenvalue weighted by Crippen LogP contribution is -2.69. The summed E-state index contributed by atoms with van der Waals surface area (Å²) in [5.74, 6) is 0. The van der Waals surface area contributed by atoms with Crippen molar-refractivity contribution in [3.63, 3.8) is 0 Å². The summed E-state index contributed by atoms with van der Waals surface area (Å²) < 4.78 is 0. The topological polar surface area (TPSA) is 80.9 Å². The Kier molecular flexibility index (Phi) is 5.52. The van der Waals surface area contributed by atoms with Gasteiger partial charge in [0.1, 0.15) is 0 Å². The molecule has 1 saturated carbocycles. The molecule has 0 spiro atoms. The van der Waals surface area contributed by atoms with Gasteiger partial charge in [0, 0.05) is 11.8 Å². The zero-order chi connectivity index (χ0) is 16.6. The molecule has 0 aliphatic heterocycles. The molecule has 1 aliphatic carbocycles. The number of rotatable bonds is 3. The van der Waals surface area contributed by atoms with Crippen LogP contribution in [0.25, 0.3) is 0 Å². The molecule has 4 N–H and O–H groups in total. The maximum Gasteiger partial charge on any atom is 0.0725 e. The zero-order valence-electron chi connectivity index (χ0n) is 14.4. The largest absolute Gasteiger partial charge is 0.390 e. The summed E-state index contributed by atoms with van der Waals surface area (Å²) in [6.45, 7) is 14.3. The van der Waals surface area contributed by atoms with Crippen molar-refractivity contribution in [3.8, 4) is 0 Å². The highest BCUT2D eigenvalue weighted by Crippen LogP contribution is 2.56. The Labute approximate surface area is 123 Å². The molecule has 2 atom stereocenters. The van der Waals surface area contributed by atoms with E-state index in [4.69, 9.17) is 0 Å². The summed E-state index contributed by atoms with van der Waals surface area (Å²) in [7, 11) is 0. The van der Waals surface area contributed by atoms with Crippen LogP contribution in [0.2, 0.25) is 0 Å². The molecule has 0 amide bonds. The highest BCUT2D eigenvalue weighted by Gasteiger charge is 2.63. The zero-order valence-corrected chi connectivity index (χ0v) is 14.4. The molecule has 0 aromatic carbocycles. The van der Waals surface area contributed by atoms with Crippen molar-refractivity contribution in [3.05, 3.63) is 0 Å². The second kappa shape index (κ2) is 5.56. The Hall–Kier alpha value is -0.160. The van der Waals surface area contributed by atoms with E-state index in [2.05, 4.69) is 0 Å². The van der Waals surface area contributed by atoms with E-state index in [9.17, 15) is 20.4 Å². The second-order valence-electron chi connectivity index (χ2n) is 8.47. The van der Waals surface area contributed by atoms with E-state index in [-0.39, 0.29) is 5.41 Å². The molecule has 2 unspecified atom stereocenters. The molecule has 1 fully saturated rings. The van der Waals surface area contributed by atoms with Crippen molar-refractivity contribution in [1.29, 1.82) is 0 Å². The lowest BCUT2D eigenvalue weighted by atomic mass is 9.50. The van der Waals surface area contributed by atoms with E-state index in [1.807, 2.05) is 13.8 Å². The predicted octanol–water partition coefficient (Wildman–Crippen LogP) is 2.23. The molecule has 4 nitrogen and oxygen atoms in total. The fourth-order valence-electron chi connectivity index (χ4n) is 2.20. The van der Waals surface area contributed by atoms with Crippen LogP contribution in [0.15, 0.2) is 0 Å². The first-order chi connectivity index (χ1) is 8.41. The van der Waals surface area contributed by atoms with Crippen LogP contribution in [-0.2, 0) is 0 Å². The van der Waals surface area contributed by atoms with Gasteiger partial charge in [-0.15, -0.1) is 0 Å². The molecule has 20 heavy (non-hydrogen) atoms. The number of hydrogen-bond donors (Lipinski definition) is 4. The second-order valence-corrected chi connectivity index (χ2v) is 8.47. The standard InChI is InChI=1S/C8H16O2.C8H18O2/c1-6(2)7(3,9)5-8(6,4)10;1-7(2,9)5-6-8(3,4)10/h9-10H,5H2,1-4H3;9-10H,5-6H2,1-4H3. The van der Waals surface area contributed by atoms with Crippen molar-refractivity contribution in [2.24, 2.45) is 5.41 Å². The summed E-state index contributed by atoms with van der Waals surface area (Å²) in [5, 5.41) is 37.8. The molecule has 4 heteroatoms. The van der Waals surface area contributed by atoms with Crippen LogP contribution in [0.1, 0.15) is 74.7 Å². The van der Waals surface area contributed by atoms with Crippen molar-refractivity contribution < 1.29 is 20.4 Å². The molecule has 1 rings (SSSR count). The van der Waals surface area contributed by atoms with E-state index < -0.39 is 22.4 Å². The van der Waals surface area contributed by atoms with Crippen molar-refractivity contribution in [2.45, 2.75) is 97.1 Å². The van der Waals surface area contributed by atoms with E-state index in [0.717, 1.165) is 0 Å². The normalized spacial score (nSPS) is 33.0. The first-order valence-electron chi connectivity index (χ1n) is 7.31. The average Bonchev–Trinajstić information content (AvgIpc) is 2.11. The number of aliphatic hydroxyl groups is 4. The minimum absolute atomic E-state index is 0.375. The molecule has 0 aromatic rings. The van der Waals surface area contributed by atoms with E-state index in [1.54, 1.807) is 41.5 Å². The van der Waals surface area contributed by atoms with Crippen LogP contribution < -0.4 is 0 Å². The third-order valence-corrected chi connectivity index (χ3v) is 4.73. The summed E-state index contributed by atoms with van der Waals surface area (Å²) in [4.78, 5) is 0. The number of hydrogen-bond acceptors (Lipinski definition) is 4. The van der Waals surface area contributed by atoms with Crippen LogP contribution in [0.4, 0.5) is 0 Å². The maximum absolute atomic E-state index is 9.62. The molecule has 0 heterocycles. The van der Waals surface area contributed by atoms with Crippen LogP contribution in [0.5, 0.6) is 0 Å². The molecule has 0 bridgehead atoms. The molecule has 0 aromatic heterocycles. The van der Waals surface area contributed by atoms with E-state index in [0.29, 0.717) is 19.3 Å². The van der Waals surface area contributed by atoms with Gasteiger partial charge >= 0.3 is 0 Å². The van der Waals surface area contributed by atoms with Gasteiger partial charge in [-0.1, -0.05) is 13.8 Å². The fourth-order valence-corrected chi connectivity index (χ4v) is 2.20. The van der Waals surface area contributed by atoms with Crippen molar-refractivity contribution >= 4 is 0 Å². The molecule has 0 radical (unpaired) electrons. The summed E-state index contributed by atoms with van der Waals surface area (Å²) >= 11 is 0. The first-order valence-corrected chi connectivity index (χ1v) is 7.31. The van der Waals surface area contributed by atoms with Crippen molar-refractivity contribution in [1.82, 2.24) is 0 Å². The Morgan fingerprint density at radius 3 is 1.05 bits per heavy atom. The predicted molar refractivity (Wildman–Crippen MR) is 81.5 cm³/mol. The third-order valence-electron chi connectivity index (χ3n) is 4.73. The van der Waals surface area contributed by atoms with Gasteiger partial charge in [-0.2, -0.15) is 0 Å². The lowest BCUT2D eigenvalue weighted by molar-refractivity contribution is -0.270. The van der Waals surface area contributed by atoms with Gasteiger partial charge in [0.25, 0.3) is 0 Å². The Morgan fingerprint density at radius 1 is 0.750 bits per heavy atom. The van der Waals surface area contributed by atoms with Gasteiger partial charge in [0.2, 0.25) is 0 Å². The van der Waals surface area contributed by atoms with Crippen LogP contribution in [0, 0.1) is 5.41 Å². The van der Waals surface area contributed by atoms with Gasteiger partial charge in [-0.3, -0.25) is 0 Å². The Bertz CT molecular complexity index is 286. The van der Waals surface area contributed by atoms with Crippen LogP contribution in [-0.4, -0.2) is 42.8 Å². The summed E-state index contributed by atoms with van der Waals surface area (Å²) in [5.41, 5.74) is -3.08. The highest BCUT2D eigenvalue weighted by atomic mass is 16.3.